The molecule has 0 spiro atoms. The Balaban J connectivity index is 2.39. The van der Waals surface area contributed by atoms with Crippen molar-refractivity contribution in [2.45, 2.75) is 13.8 Å². The van der Waals surface area contributed by atoms with Gasteiger partial charge in [-0.1, -0.05) is 12.1 Å². The van der Waals surface area contributed by atoms with Crippen LogP contribution in [0, 0.1) is 24.0 Å². The Labute approximate surface area is 121 Å². The van der Waals surface area contributed by atoms with Crippen LogP contribution in [-0.4, -0.2) is 15.8 Å². The smallest absolute Gasteiger partial charge is 0.300 e. The van der Waals surface area contributed by atoms with E-state index in [1.54, 1.807) is 6.07 Å². The molecule has 21 heavy (non-hydrogen) atoms. The molecule has 1 aromatic carbocycles. The maximum absolute atomic E-state index is 12.3. The number of nitrogens with two attached hydrogens (primary N) is 1. The number of nitrogens with one attached hydrogen (secondary N) is 1. The largest absolute Gasteiger partial charge is 0.384 e. The molecule has 1 aromatic heterocycles. The zero-order chi connectivity index (χ0) is 15.6. The highest BCUT2D eigenvalue weighted by Crippen LogP contribution is 2.22. The average molecular weight is 286 g/mol. The Morgan fingerprint density at radius 3 is 2.71 bits per heavy atom. The van der Waals surface area contributed by atoms with E-state index in [9.17, 15) is 14.9 Å². The van der Waals surface area contributed by atoms with Crippen LogP contribution in [0.5, 0.6) is 0 Å². The molecule has 2 aromatic rings. The number of aromatic nitrogens is 1. The first kappa shape index (κ1) is 14.4. The van der Waals surface area contributed by atoms with Gasteiger partial charge < -0.3 is 11.1 Å². The van der Waals surface area contributed by atoms with Gasteiger partial charge in [0.25, 0.3) is 11.6 Å². The summed E-state index contributed by atoms with van der Waals surface area (Å²) in [5.41, 5.74) is 7.43. The van der Waals surface area contributed by atoms with Crippen LogP contribution in [0.25, 0.3) is 0 Å². The summed E-state index contributed by atoms with van der Waals surface area (Å²) in [6.07, 6.45) is 0.980. The van der Waals surface area contributed by atoms with Crippen LogP contribution < -0.4 is 11.1 Å². The van der Waals surface area contributed by atoms with Gasteiger partial charge in [-0.15, -0.1) is 0 Å². The molecule has 7 heteroatoms. The number of pyridine rings is 1. The number of carbonyl (C=O) groups is 1. The second-order valence-corrected chi connectivity index (χ2v) is 4.66. The van der Waals surface area contributed by atoms with Crippen LogP contribution in [-0.2, 0) is 0 Å². The zero-order valence-electron chi connectivity index (χ0n) is 11.6. The molecule has 0 fully saturated rings. The highest BCUT2D eigenvalue weighted by Gasteiger charge is 2.21. The summed E-state index contributed by atoms with van der Waals surface area (Å²) in [6, 6.07) is 6.76. The number of nitrogens with zero attached hydrogens (tertiary/aromatic N) is 2. The highest BCUT2D eigenvalue weighted by molar-refractivity contribution is 6.07. The van der Waals surface area contributed by atoms with E-state index in [4.69, 9.17) is 5.73 Å². The van der Waals surface area contributed by atoms with Crippen LogP contribution in [0.1, 0.15) is 21.5 Å². The summed E-state index contributed by atoms with van der Waals surface area (Å²) in [6.45, 7) is 3.73. The van der Waals surface area contributed by atoms with E-state index < -0.39 is 10.8 Å². The summed E-state index contributed by atoms with van der Waals surface area (Å²) in [7, 11) is 0. The fraction of sp³-hybridized carbons (Fsp3) is 0.143. The fourth-order valence-corrected chi connectivity index (χ4v) is 1.85. The van der Waals surface area contributed by atoms with Gasteiger partial charge in [0.05, 0.1) is 4.92 Å². The normalized spacial score (nSPS) is 10.2. The summed E-state index contributed by atoms with van der Waals surface area (Å²) in [5.74, 6) is -0.545. The van der Waals surface area contributed by atoms with Crippen LogP contribution in [0.4, 0.5) is 17.2 Å². The SMILES string of the molecule is Cc1ccc(C)c(NC(=O)c2cc(N)ncc2[N+](=O)[O-])c1. The van der Waals surface area contributed by atoms with E-state index in [2.05, 4.69) is 10.3 Å². The van der Waals surface area contributed by atoms with Crippen LogP contribution in [0.3, 0.4) is 0 Å². The Bertz CT molecular complexity index is 728. The molecule has 108 valence electrons. The first-order valence-corrected chi connectivity index (χ1v) is 6.17. The molecular formula is C14H14N4O3. The lowest BCUT2D eigenvalue weighted by molar-refractivity contribution is -0.385. The molecular weight excluding hydrogens is 272 g/mol. The lowest BCUT2D eigenvalue weighted by Crippen LogP contribution is -2.15. The van der Waals surface area contributed by atoms with Crippen molar-refractivity contribution in [3.05, 3.63) is 57.3 Å². The number of benzene rings is 1. The summed E-state index contributed by atoms with van der Waals surface area (Å²) >= 11 is 0. The van der Waals surface area contributed by atoms with Gasteiger partial charge in [-0.2, -0.15) is 0 Å². The number of rotatable bonds is 3. The zero-order valence-corrected chi connectivity index (χ0v) is 11.6. The lowest BCUT2D eigenvalue weighted by atomic mass is 10.1. The standard InChI is InChI=1S/C14H14N4O3/c1-8-3-4-9(2)11(5-8)17-14(19)10-6-13(15)16-7-12(10)18(20)21/h3-7H,1-2H3,(H2,15,16)(H,17,19). The van der Waals surface area contributed by atoms with Crippen molar-refractivity contribution in [2.75, 3.05) is 11.1 Å². The van der Waals surface area contributed by atoms with Crippen molar-refractivity contribution in [1.82, 2.24) is 4.98 Å². The van der Waals surface area contributed by atoms with E-state index in [0.29, 0.717) is 5.69 Å². The van der Waals surface area contributed by atoms with Gasteiger partial charge in [0.1, 0.15) is 17.6 Å². The highest BCUT2D eigenvalue weighted by atomic mass is 16.6. The number of aryl methyl sites for hydroxylation is 2. The predicted octanol–water partition coefficient (Wildman–Crippen LogP) is 2.44. The maximum atomic E-state index is 12.3. The number of nitro groups is 1. The van der Waals surface area contributed by atoms with Gasteiger partial charge in [0.2, 0.25) is 0 Å². The van der Waals surface area contributed by atoms with Gasteiger partial charge in [-0.3, -0.25) is 14.9 Å². The van der Waals surface area contributed by atoms with Crippen molar-refractivity contribution in [3.63, 3.8) is 0 Å². The molecule has 0 unspecified atom stereocenters. The minimum Gasteiger partial charge on any atom is -0.384 e. The minimum atomic E-state index is -0.662. The molecule has 1 amide bonds. The Morgan fingerprint density at radius 2 is 2.05 bits per heavy atom. The third-order valence-corrected chi connectivity index (χ3v) is 2.99. The number of hydrogen-bond donors (Lipinski definition) is 2. The van der Waals surface area contributed by atoms with Gasteiger partial charge in [0.15, 0.2) is 0 Å². The van der Waals surface area contributed by atoms with Gasteiger partial charge >= 0.3 is 0 Å². The predicted molar refractivity (Wildman–Crippen MR) is 79.2 cm³/mol. The van der Waals surface area contributed by atoms with Crippen LogP contribution in [0.2, 0.25) is 0 Å². The second kappa shape index (κ2) is 5.58. The van der Waals surface area contributed by atoms with Crippen molar-refractivity contribution < 1.29 is 9.72 Å². The first-order valence-electron chi connectivity index (χ1n) is 6.17. The molecule has 0 saturated heterocycles. The molecule has 2 rings (SSSR count). The monoisotopic (exact) mass is 286 g/mol. The molecule has 0 saturated carbocycles. The van der Waals surface area contributed by atoms with Crippen LogP contribution >= 0.6 is 0 Å². The maximum Gasteiger partial charge on any atom is 0.300 e. The Kier molecular flexibility index (Phi) is 3.84. The number of anilines is 2. The number of hydrogen-bond acceptors (Lipinski definition) is 5. The molecule has 7 nitrogen and oxygen atoms in total. The molecule has 0 aliphatic carbocycles. The summed E-state index contributed by atoms with van der Waals surface area (Å²) in [4.78, 5) is 26.2. The number of carbonyl (C=O) groups excluding carboxylic acids is 1. The second-order valence-electron chi connectivity index (χ2n) is 4.66. The van der Waals surface area contributed by atoms with E-state index in [1.807, 2.05) is 26.0 Å². The van der Waals surface area contributed by atoms with Crippen molar-refractivity contribution in [3.8, 4) is 0 Å². The van der Waals surface area contributed by atoms with Gasteiger partial charge in [-0.05, 0) is 37.1 Å². The summed E-state index contributed by atoms with van der Waals surface area (Å²) < 4.78 is 0. The van der Waals surface area contributed by atoms with Gasteiger partial charge in [0, 0.05) is 5.69 Å². The van der Waals surface area contributed by atoms with E-state index in [1.165, 1.54) is 6.07 Å². The Morgan fingerprint density at radius 1 is 1.33 bits per heavy atom. The van der Waals surface area contributed by atoms with Crippen molar-refractivity contribution in [2.24, 2.45) is 0 Å². The molecule has 0 bridgehead atoms. The average Bonchev–Trinajstić information content (AvgIpc) is 2.42. The number of amides is 1. The molecule has 0 atom stereocenters. The summed E-state index contributed by atoms with van der Waals surface area (Å²) in [5, 5.41) is 13.6. The van der Waals surface area contributed by atoms with Crippen molar-refractivity contribution >= 4 is 23.1 Å². The Hall–Kier alpha value is -2.96. The molecule has 3 N–H and O–H groups in total. The molecule has 0 aliphatic rings. The molecule has 1 heterocycles. The lowest BCUT2D eigenvalue weighted by Gasteiger charge is -2.09. The topological polar surface area (TPSA) is 111 Å². The fourth-order valence-electron chi connectivity index (χ4n) is 1.85. The molecule has 0 aliphatic heterocycles. The van der Waals surface area contributed by atoms with Crippen LogP contribution in [0.15, 0.2) is 30.5 Å². The first-order chi connectivity index (χ1) is 9.88. The van der Waals surface area contributed by atoms with E-state index in [-0.39, 0.29) is 17.1 Å². The quantitative estimate of drug-likeness (QED) is 0.665. The van der Waals surface area contributed by atoms with Crippen molar-refractivity contribution in [1.29, 1.82) is 0 Å². The number of nitrogen functional groups attached to an aromatic ring is 1. The minimum absolute atomic E-state index is 0.0479. The molecule has 0 radical (unpaired) electrons. The van der Waals surface area contributed by atoms with Gasteiger partial charge in [-0.25, -0.2) is 4.98 Å². The van der Waals surface area contributed by atoms with E-state index in [0.717, 1.165) is 17.3 Å². The third kappa shape index (κ3) is 3.14. The van der Waals surface area contributed by atoms with E-state index >= 15 is 0 Å². The third-order valence-electron chi connectivity index (χ3n) is 2.99.